The minimum absolute atomic E-state index is 0.0164. The van der Waals surface area contributed by atoms with Crippen LogP contribution >= 0.6 is 0 Å². The van der Waals surface area contributed by atoms with Crippen LogP contribution in [0.15, 0.2) is 35.2 Å². The van der Waals surface area contributed by atoms with Crippen molar-refractivity contribution in [2.75, 3.05) is 32.8 Å². The molecule has 0 atom stereocenters. The van der Waals surface area contributed by atoms with Gasteiger partial charge in [0.25, 0.3) is 0 Å². The molecule has 9 heteroatoms. The number of benzene rings is 2. The molecule has 1 heterocycles. The number of carbonyl (C=O) groups is 1. The first-order valence-electron chi connectivity index (χ1n) is 9.51. The Labute approximate surface area is 176 Å². The summed E-state index contributed by atoms with van der Waals surface area (Å²) in [6.45, 7) is 2.17. The normalized spacial score (nSPS) is 13.5. The molecule has 1 N–H and O–H groups in total. The Balaban J connectivity index is 1.85. The Bertz CT molecular complexity index is 1050. The fourth-order valence-electron chi connectivity index (χ4n) is 3.63. The fraction of sp³-hybridized carbons (Fsp3) is 0.381. The third-order valence-corrected chi connectivity index (χ3v) is 6.50. The van der Waals surface area contributed by atoms with Gasteiger partial charge in [0.15, 0.2) is 11.5 Å². The molecule has 0 saturated heterocycles. The van der Waals surface area contributed by atoms with Crippen molar-refractivity contribution in [3.05, 3.63) is 41.5 Å². The second kappa shape index (κ2) is 8.93. The number of aryl methyl sites for hydroxylation is 1. The van der Waals surface area contributed by atoms with Crippen LogP contribution in [0.1, 0.15) is 24.5 Å². The summed E-state index contributed by atoms with van der Waals surface area (Å²) in [6.07, 6.45) is 1.53. The van der Waals surface area contributed by atoms with Crippen LogP contribution in [0, 0.1) is 0 Å². The number of ether oxygens (including phenoxy) is 3. The van der Waals surface area contributed by atoms with E-state index in [1.165, 1.54) is 34.3 Å². The van der Waals surface area contributed by atoms with E-state index in [-0.39, 0.29) is 17.3 Å². The summed E-state index contributed by atoms with van der Waals surface area (Å²) in [7, 11) is 0.723. The summed E-state index contributed by atoms with van der Waals surface area (Å²) in [6, 6.07) is 8.27. The Kier molecular flexibility index (Phi) is 6.52. The fourth-order valence-corrected chi connectivity index (χ4v) is 4.68. The van der Waals surface area contributed by atoms with E-state index >= 15 is 0 Å². The van der Waals surface area contributed by atoms with Crippen molar-refractivity contribution in [2.24, 2.45) is 0 Å². The zero-order valence-electron chi connectivity index (χ0n) is 17.5. The molecule has 0 fully saturated rings. The van der Waals surface area contributed by atoms with Gasteiger partial charge in [0.1, 0.15) is 0 Å². The Morgan fingerprint density at radius 2 is 1.80 bits per heavy atom. The van der Waals surface area contributed by atoms with Gasteiger partial charge < -0.3 is 19.1 Å². The van der Waals surface area contributed by atoms with E-state index in [1.807, 2.05) is 0 Å². The summed E-state index contributed by atoms with van der Waals surface area (Å²) in [5.41, 5.74) is 2.23. The molecule has 0 unspecified atom stereocenters. The molecule has 2 aromatic carbocycles. The molecule has 0 radical (unpaired) electrons. The first kappa shape index (κ1) is 21.9. The lowest BCUT2D eigenvalue weighted by Crippen LogP contribution is -2.33. The third-order valence-electron chi connectivity index (χ3n) is 5.10. The number of nitrogens with one attached hydrogen (secondary N) is 1. The number of carbonyl (C=O) groups excluding carboxylic acids is 1. The maximum Gasteiger partial charge on any atom is 0.240 e. The Morgan fingerprint density at radius 1 is 1.07 bits per heavy atom. The second-order valence-electron chi connectivity index (χ2n) is 6.88. The highest BCUT2D eigenvalue weighted by atomic mass is 32.2. The number of sulfonamides is 1. The lowest BCUT2D eigenvalue weighted by atomic mass is 10.0. The van der Waals surface area contributed by atoms with E-state index in [0.717, 1.165) is 24.1 Å². The molecule has 1 aliphatic rings. The van der Waals surface area contributed by atoms with Crippen LogP contribution in [0.5, 0.6) is 17.2 Å². The number of fused-ring (bicyclic) bond motifs is 1. The summed E-state index contributed by atoms with van der Waals surface area (Å²) in [5, 5.41) is 0. The van der Waals surface area contributed by atoms with Crippen molar-refractivity contribution >= 4 is 21.6 Å². The first-order valence-corrected chi connectivity index (χ1v) is 11.0. The number of hydrogen-bond donors (Lipinski definition) is 1. The first-order chi connectivity index (χ1) is 14.3. The largest absolute Gasteiger partial charge is 0.493 e. The zero-order chi connectivity index (χ0) is 21.9. The summed E-state index contributed by atoms with van der Waals surface area (Å²) in [5.74, 6) is 1.24. The van der Waals surface area contributed by atoms with Crippen LogP contribution in [0.3, 0.4) is 0 Å². The standard InChI is InChI=1S/C21H26N2O6S/c1-14(24)23-11-5-6-15-12-17(8-9-18(15)23)30(25,26)22-13-16-7-10-19(27-2)21(29-4)20(16)28-3/h7-10,12,22H,5-6,11,13H2,1-4H3. The van der Waals surface area contributed by atoms with E-state index in [4.69, 9.17) is 14.2 Å². The minimum Gasteiger partial charge on any atom is -0.493 e. The van der Waals surface area contributed by atoms with Crippen LogP contribution in [0.2, 0.25) is 0 Å². The highest BCUT2D eigenvalue weighted by Gasteiger charge is 2.24. The number of hydrogen-bond acceptors (Lipinski definition) is 6. The van der Waals surface area contributed by atoms with Gasteiger partial charge in [-0.05, 0) is 42.7 Å². The highest BCUT2D eigenvalue weighted by Crippen LogP contribution is 2.39. The predicted octanol–water partition coefficient (Wildman–Crippen LogP) is 2.49. The number of nitrogens with zero attached hydrogens (tertiary/aromatic N) is 1. The molecule has 0 spiro atoms. The molecule has 0 bridgehead atoms. The van der Waals surface area contributed by atoms with E-state index < -0.39 is 10.0 Å². The van der Waals surface area contributed by atoms with Crippen LogP contribution < -0.4 is 23.8 Å². The molecule has 0 aromatic heterocycles. The Hall–Kier alpha value is -2.78. The van der Waals surface area contributed by atoms with Gasteiger partial charge >= 0.3 is 0 Å². The molecule has 1 aliphatic heterocycles. The predicted molar refractivity (Wildman–Crippen MR) is 113 cm³/mol. The minimum atomic E-state index is -3.77. The van der Waals surface area contributed by atoms with Crippen LogP contribution in [-0.4, -0.2) is 42.2 Å². The number of amides is 1. The average Bonchev–Trinajstić information content (AvgIpc) is 2.75. The lowest BCUT2D eigenvalue weighted by Gasteiger charge is -2.28. The molecular formula is C21H26N2O6S. The highest BCUT2D eigenvalue weighted by molar-refractivity contribution is 7.89. The second-order valence-corrected chi connectivity index (χ2v) is 8.65. The molecule has 1 amide bonds. The van der Waals surface area contributed by atoms with Gasteiger partial charge in [0, 0.05) is 31.3 Å². The maximum absolute atomic E-state index is 12.9. The van der Waals surface area contributed by atoms with Crippen molar-refractivity contribution in [3.63, 3.8) is 0 Å². The van der Waals surface area contributed by atoms with E-state index in [1.54, 1.807) is 29.2 Å². The summed E-state index contributed by atoms with van der Waals surface area (Å²) < 4.78 is 44.4. The molecular weight excluding hydrogens is 408 g/mol. The zero-order valence-corrected chi connectivity index (χ0v) is 18.3. The van der Waals surface area contributed by atoms with Crippen molar-refractivity contribution in [2.45, 2.75) is 31.2 Å². The van der Waals surface area contributed by atoms with Crippen molar-refractivity contribution in [1.29, 1.82) is 0 Å². The van der Waals surface area contributed by atoms with Crippen molar-refractivity contribution in [1.82, 2.24) is 4.72 Å². The topological polar surface area (TPSA) is 94.2 Å². The van der Waals surface area contributed by atoms with Gasteiger partial charge in [-0.25, -0.2) is 13.1 Å². The van der Waals surface area contributed by atoms with Gasteiger partial charge in [-0.15, -0.1) is 0 Å². The molecule has 8 nitrogen and oxygen atoms in total. The third kappa shape index (κ3) is 4.22. The van der Waals surface area contributed by atoms with Gasteiger partial charge in [-0.2, -0.15) is 0 Å². The molecule has 0 saturated carbocycles. The van der Waals surface area contributed by atoms with Gasteiger partial charge in [-0.1, -0.05) is 6.07 Å². The van der Waals surface area contributed by atoms with Crippen molar-refractivity contribution in [3.8, 4) is 17.2 Å². The van der Waals surface area contributed by atoms with Crippen LogP contribution in [0.25, 0.3) is 0 Å². The number of rotatable bonds is 7. The summed E-state index contributed by atoms with van der Waals surface area (Å²) >= 11 is 0. The quantitative estimate of drug-likeness (QED) is 0.720. The van der Waals surface area contributed by atoms with Gasteiger partial charge in [0.05, 0.1) is 26.2 Å². The van der Waals surface area contributed by atoms with Gasteiger partial charge in [0.2, 0.25) is 21.7 Å². The van der Waals surface area contributed by atoms with E-state index in [0.29, 0.717) is 29.4 Å². The molecule has 3 rings (SSSR count). The smallest absolute Gasteiger partial charge is 0.240 e. The monoisotopic (exact) mass is 434 g/mol. The average molecular weight is 435 g/mol. The maximum atomic E-state index is 12.9. The van der Waals surface area contributed by atoms with Crippen molar-refractivity contribution < 1.29 is 27.4 Å². The SMILES string of the molecule is COc1ccc(CNS(=O)(=O)c2ccc3c(c2)CCCN3C(C)=O)c(OC)c1OC. The molecule has 30 heavy (non-hydrogen) atoms. The Morgan fingerprint density at radius 3 is 2.43 bits per heavy atom. The van der Waals surface area contributed by atoms with Gasteiger partial charge in [-0.3, -0.25) is 4.79 Å². The number of methoxy groups -OCH3 is 3. The number of anilines is 1. The molecule has 2 aromatic rings. The van der Waals surface area contributed by atoms with Crippen LogP contribution in [0.4, 0.5) is 5.69 Å². The van der Waals surface area contributed by atoms with Crippen LogP contribution in [-0.2, 0) is 27.8 Å². The lowest BCUT2D eigenvalue weighted by molar-refractivity contribution is -0.116. The summed E-state index contributed by atoms with van der Waals surface area (Å²) in [4.78, 5) is 13.7. The molecule has 162 valence electrons. The molecule has 0 aliphatic carbocycles. The van der Waals surface area contributed by atoms with E-state index in [9.17, 15) is 13.2 Å². The van der Waals surface area contributed by atoms with E-state index in [2.05, 4.69) is 4.72 Å².